The fraction of sp³-hybridized carbons (Fsp3) is 0.208. The lowest BCUT2D eigenvalue weighted by Crippen LogP contribution is -2.26. The highest BCUT2D eigenvalue weighted by Crippen LogP contribution is 2.50. The number of nitrogens with two attached hydrogens (primary N) is 1. The van der Waals surface area contributed by atoms with Gasteiger partial charge in [0.15, 0.2) is 11.6 Å². The second-order valence-corrected chi connectivity index (χ2v) is 8.01. The van der Waals surface area contributed by atoms with Gasteiger partial charge < -0.3 is 20.3 Å². The number of carbonyl (C=O) groups excluding carboxylic acids is 1. The van der Waals surface area contributed by atoms with E-state index in [1.807, 2.05) is 37.3 Å². The van der Waals surface area contributed by atoms with E-state index >= 15 is 4.39 Å². The van der Waals surface area contributed by atoms with Gasteiger partial charge in [-0.25, -0.2) is 8.78 Å². The van der Waals surface area contributed by atoms with Crippen molar-refractivity contribution < 1.29 is 28.2 Å². The second kappa shape index (κ2) is 8.41. The van der Waals surface area contributed by atoms with Gasteiger partial charge in [-0.15, -0.1) is 0 Å². The zero-order chi connectivity index (χ0) is 23.0. The topological polar surface area (TPSA) is 81.8 Å². The molecular formula is C24H20ClF2NO4. The molecule has 0 radical (unpaired) electrons. The number of amides is 1. The third-order valence-electron chi connectivity index (χ3n) is 5.49. The number of rotatable bonds is 6. The fourth-order valence-electron chi connectivity index (χ4n) is 4.01. The lowest BCUT2D eigenvalue weighted by Gasteiger charge is -2.24. The predicted octanol–water partition coefficient (Wildman–Crippen LogP) is 4.61. The molecule has 0 saturated heterocycles. The molecule has 0 aromatic heterocycles. The summed E-state index contributed by atoms with van der Waals surface area (Å²) in [6, 6.07) is 13.0. The van der Waals surface area contributed by atoms with Crippen molar-refractivity contribution in [2.45, 2.75) is 18.9 Å². The Bertz CT molecular complexity index is 1200. The third-order valence-corrected chi connectivity index (χ3v) is 5.86. The molecule has 1 atom stereocenters. The molecule has 0 bridgehead atoms. The molecule has 1 aliphatic rings. The summed E-state index contributed by atoms with van der Waals surface area (Å²) >= 11 is 6.33. The van der Waals surface area contributed by atoms with Crippen molar-refractivity contribution in [3.63, 3.8) is 0 Å². The predicted molar refractivity (Wildman–Crippen MR) is 116 cm³/mol. The Hall–Kier alpha value is -3.16. The highest BCUT2D eigenvalue weighted by Gasteiger charge is 2.40. The normalized spacial score (nSPS) is 17.0. The molecule has 4 rings (SSSR count). The molecule has 5 nitrogen and oxygen atoms in total. The first kappa shape index (κ1) is 22.0. The minimum Gasteiger partial charge on any atom is -0.488 e. The van der Waals surface area contributed by atoms with Gasteiger partial charge in [0.1, 0.15) is 23.8 Å². The molecule has 1 aliphatic heterocycles. The number of halogens is 3. The number of hydrogen-bond donors (Lipinski definition) is 2. The molecular weight excluding hydrogens is 440 g/mol. The average molecular weight is 460 g/mol. The SMILES string of the molecule is C[C@@]1(c2ccccc2)Cc2c(cc(F)c(Cl)c2-c2c(C(N)=O)ccc(OCCO)c2F)O1. The number of ether oxygens (including phenoxy) is 2. The minimum atomic E-state index is -0.933. The van der Waals surface area contributed by atoms with Crippen LogP contribution in [0.3, 0.4) is 0 Å². The maximum absolute atomic E-state index is 15.6. The van der Waals surface area contributed by atoms with E-state index in [2.05, 4.69) is 0 Å². The zero-order valence-electron chi connectivity index (χ0n) is 17.1. The molecule has 32 heavy (non-hydrogen) atoms. The summed E-state index contributed by atoms with van der Waals surface area (Å²) in [5.74, 6) is -2.69. The smallest absolute Gasteiger partial charge is 0.249 e. The number of fused-ring (bicyclic) bond motifs is 1. The van der Waals surface area contributed by atoms with Crippen molar-refractivity contribution in [2.24, 2.45) is 5.73 Å². The number of carbonyl (C=O) groups is 1. The van der Waals surface area contributed by atoms with Crippen LogP contribution in [0.1, 0.15) is 28.4 Å². The van der Waals surface area contributed by atoms with Gasteiger partial charge in [0.05, 0.1) is 17.2 Å². The van der Waals surface area contributed by atoms with Crippen LogP contribution in [0.2, 0.25) is 5.02 Å². The molecule has 1 heterocycles. The first-order valence-corrected chi connectivity index (χ1v) is 10.3. The highest BCUT2D eigenvalue weighted by atomic mass is 35.5. The van der Waals surface area contributed by atoms with Crippen LogP contribution in [0.25, 0.3) is 11.1 Å². The maximum Gasteiger partial charge on any atom is 0.249 e. The Morgan fingerprint density at radius 1 is 1.22 bits per heavy atom. The van der Waals surface area contributed by atoms with Crippen molar-refractivity contribution >= 4 is 17.5 Å². The monoisotopic (exact) mass is 459 g/mol. The number of benzene rings is 3. The number of aliphatic hydroxyl groups is 1. The Kier molecular flexibility index (Phi) is 5.79. The Morgan fingerprint density at radius 3 is 2.59 bits per heavy atom. The van der Waals surface area contributed by atoms with Gasteiger partial charge in [0, 0.05) is 29.2 Å². The van der Waals surface area contributed by atoms with E-state index in [-0.39, 0.29) is 52.8 Å². The molecule has 8 heteroatoms. The van der Waals surface area contributed by atoms with E-state index in [1.54, 1.807) is 0 Å². The summed E-state index contributed by atoms with van der Waals surface area (Å²) in [6.45, 7) is 1.33. The van der Waals surface area contributed by atoms with Crippen molar-refractivity contribution in [1.82, 2.24) is 0 Å². The molecule has 3 aromatic carbocycles. The minimum absolute atomic E-state index is 0.0120. The van der Waals surface area contributed by atoms with Crippen molar-refractivity contribution in [3.05, 3.63) is 81.9 Å². The van der Waals surface area contributed by atoms with Crippen molar-refractivity contribution in [2.75, 3.05) is 13.2 Å². The molecule has 3 aromatic rings. The summed E-state index contributed by atoms with van der Waals surface area (Å²) in [5.41, 5.74) is 5.47. The van der Waals surface area contributed by atoms with E-state index in [0.717, 1.165) is 11.6 Å². The van der Waals surface area contributed by atoms with Crippen LogP contribution >= 0.6 is 11.6 Å². The van der Waals surface area contributed by atoms with E-state index in [0.29, 0.717) is 5.56 Å². The van der Waals surface area contributed by atoms with Crippen LogP contribution in [0, 0.1) is 11.6 Å². The van der Waals surface area contributed by atoms with Crippen molar-refractivity contribution in [1.29, 1.82) is 0 Å². The number of primary amides is 1. The molecule has 166 valence electrons. The summed E-state index contributed by atoms with van der Waals surface area (Å²) in [4.78, 5) is 12.1. The van der Waals surface area contributed by atoms with Gasteiger partial charge in [-0.05, 0) is 24.6 Å². The van der Waals surface area contributed by atoms with Crippen LogP contribution in [0.15, 0.2) is 48.5 Å². The van der Waals surface area contributed by atoms with Gasteiger partial charge in [-0.3, -0.25) is 4.79 Å². The average Bonchev–Trinajstić information content (AvgIpc) is 3.11. The molecule has 3 N–H and O–H groups in total. The fourth-order valence-corrected chi connectivity index (χ4v) is 4.27. The zero-order valence-corrected chi connectivity index (χ0v) is 17.9. The number of hydrogen-bond acceptors (Lipinski definition) is 4. The quantitative estimate of drug-likeness (QED) is 0.564. The highest BCUT2D eigenvalue weighted by molar-refractivity contribution is 6.34. The van der Waals surface area contributed by atoms with Crippen LogP contribution in [0.4, 0.5) is 8.78 Å². The molecule has 1 amide bonds. The van der Waals surface area contributed by atoms with Crippen LogP contribution in [-0.2, 0) is 12.0 Å². The lowest BCUT2D eigenvalue weighted by atomic mass is 9.86. The van der Waals surface area contributed by atoms with Crippen LogP contribution in [0.5, 0.6) is 11.5 Å². The first-order valence-electron chi connectivity index (χ1n) is 9.88. The van der Waals surface area contributed by atoms with E-state index in [4.69, 9.17) is 31.9 Å². The van der Waals surface area contributed by atoms with E-state index in [9.17, 15) is 9.18 Å². The summed E-state index contributed by atoms with van der Waals surface area (Å²) in [5, 5.41) is 8.66. The summed E-state index contributed by atoms with van der Waals surface area (Å²) < 4.78 is 41.7. The van der Waals surface area contributed by atoms with E-state index in [1.165, 1.54) is 12.1 Å². The Balaban J connectivity index is 1.95. The first-order chi connectivity index (χ1) is 15.3. The van der Waals surface area contributed by atoms with Gasteiger partial charge in [0.25, 0.3) is 0 Å². The molecule has 0 unspecified atom stereocenters. The van der Waals surface area contributed by atoms with Gasteiger partial charge in [-0.1, -0.05) is 41.9 Å². The van der Waals surface area contributed by atoms with Crippen LogP contribution in [-0.4, -0.2) is 24.2 Å². The largest absolute Gasteiger partial charge is 0.488 e. The Labute approximate surface area is 188 Å². The molecule has 0 aliphatic carbocycles. The van der Waals surface area contributed by atoms with Gasteiger partial charge in [-0.2, -0.15) is 0 Å². The maximum atomic E-state index is 15.6. The lowest BCUT2D eigenvalue weighted by molar-refractivity contribution is 0.1000. The standard InChI is InChI=1S/C24H20ClF2NO4/c1-24(13-5-3-2-4-6-13)12-15-18(32-24)11-16(26)21(25)19(15)20-14(23(28)30)7-8-17(22(20)27)31-10-9-29/h2-8,11,29H,9-10,12H2,1H3,(H2,28,30)/t24-/m0/s1. The molecule has 0 spiro atoms. The summed E-state index contributed by atoms with van der Waals surface area (Å²) in [7, 11) is 0. The molecule has 0 fully saturated rings. The third kappa shape index (κ3) is 3.67. The number of aliphatic hydroxyl groups excluding tert-OH is 1. The second-order valence-electron chi connectivity index (χ2n) is 7.64. The van der Waals surface area contributed by atoms with E-state index < -0.39 is 23.1 Å². The van der Waals surface area contributed by atoms with Crippen molar-refractivity contribution in [3.8, 4) is 22.6 Å². The Morgan fingerprint density at radius 2 is 1.94 bits per heavy atom. The molecule has 0 saturated carbocycles. The van der Waals surface area contributed by atoms with Crippen LogP contribution < -0.4 is 15.2 Å². The summed E-state index contributed by atoms with van der Waals surface area (Å²) in [6.07, 6.45) is 0.251. The van der Waals surface area contributed by atoms with Gasteiger partial charge in [0.2, 0.25) is 5.91 Å². The van der Waals surface area contributed by atoms with Gasteiger partial charge >= 0.3 is 0 Å².